The van der Waals surface area contributed by atoms with Gasteiger partial charge in [0, 0.05) is 24.7 Å². The third-order valence-corrected chi connectivity index (χ3v) is 6.61. The van der Waals surface area contributed by atoms with Crippen LogP contribution in [0.25, 0.3) is 0 Å². The number of methoxy groups -OCH3 is 1. The molecule has 170 valence electrons. The summed E-state index contributed by atoms with van der Waals surface area (Å²) in [6, 6.07) is 5.70. The fourth-order valence-electron chi connectivity index (χ4n) is 4.41. The average molecular weight is 445 g/mol. The zero-order chi connectivity index (χ0) is 22.2. The van der Waals surface area contributed by atoms with Crippen molar-refractivity contribution in [3.63, 3.8) is 0 Å². The van der Waals surface area contributed by atoms with Gasteiger partial charge < -0.3 is 19.7 Å². The molecule has 0 saturated heterocycles. The van der Waals surface area contributed by atoms with E-state index in [1.807, 2.05) is 30.1 Å². The lowest BCUT2D eigenvalue weighted by molar-refractivity contribution is -0.116. The summed E-state index contributed by atoms with van der Waals surface area (Å²) in [5.74, 6) is 1.64. The molecule has 3 rings (SSSR count). The van der Waals surface area contributed by atoms with Gasteiger partial charge in [0.15, 0.2) is 22.4 Å². The van der Waals surface area contributed by atoms with E-state index in [1.54, 1.807) is 7.11 Å². The molecule has 0 aromatic heterocycles. The number of Topliss-reactive ketones (excluding diaryl/α,β-unsaturated/α-hetero) is 1. The number of nitrogens with zero attached hydrogens (tertiary/aromatic N) is 1. The monoisotopic (exact) mass is 444 g/mol. The lowest BCUT2D eigenvalue weighted by atomic mass is 9.85. The van der Waals surface area contributed by atoms with Gasteiger partial charge in [-0.1, -0.05) is 51.5 Å². The highest BCUT2D eigenvalue weighted by Crippen LogP contribution is 2.39. The van der Waals surface area contributed by atoms with Crippen molar-refractivity contribution in [3.05, 3.63) is 35.0 Å². The van der Waals surface area contributed by atoms with Crippen LogP contribution in [0.2, 0.25) is 0 Å². The number of allylic oxidation sites excluding steroid dienone is 1. The molecule has 5 nitrogen and oxygen atoms in total. The van der Waals surface area contributed by atoms with Crippen LogP contribution < -0.4 is 14.8 Å². The second-order valence-electron chi connectivity index (χ2n) is 8.46. The molecule has 0 bridgehead atoms. The van der Waals surface area contributed by atoms with Gasteiger partial charge in [-0.2, -0.15) is 0 Å². The fraction of sp³-hybridized carbons (Fsp3) is 0.600. The standard InChI is InChI=1S/C25H36N2O3S/c1-4-5-6-7-8-9-10-16-30-21-15-14-18(17-22(21)29-3)24-23-19(12-11-13-20(23)28)27(2)25(31)26-24/h14-15,17,24H,4-13,16H2,1-3H3,(H,26,31). The first-order valence-corrected chi connectivity index (χ1v) is 12.1. The Hall–Kier alpha value is -2.08. The maximum Gasteiger partial charge on any atom is 0.173 e. The molecular weight excluding hydrogens is 408 g/mol. The van der Waals surface area contributed by atoms with Crippen molar-refractivity contribution in [3.8, 4) is 11.5 Å². The number of thiocarbonyl (C=S) groups is 1. The molecule has 0 fully saturated rings. The first kappa shape index (κ1) is 23.6. The minimum atomic E-state index is -0.238. The molecule has 1 unspecified atom stereocenters. The minimum absolute atomic E-state index is 0.200. The smallest absolute Gasteiger partial charge is 0.173 e. The van der Waals surface area contributed by atoms with Crippen LogP contribution in [0.4, 0.5) is 0 Å². The van der Waals surface area contributed by atoms with Crippen LogP contribution in [0.1, 0.15) is 82.7 Å². The third-order valence-electron chi connectivity index (χ3n) is 6.22. The van der Waals surface area contributed by atoms with Gasteiger partial charge in [0.1, 0.15) is 0 Å². The van der Waals surface area contributed by atoms with Crippen LogP contribution >= 0.6 is 12.2 Å². The SMILES string of the molecule is CCCCCCCCCOc1ccc(C2NC(=S)N(C)C3=C2C(=O)CCC3)cc1OC. The Labute approximate surface area is 192 Å². The number of ether oxygens (including phenoxy) is 2. The van der Waals surface area contributed by atoms with Crippen LogP contribution in [0.15, 0.2) is 29.5 Å². The van der Waals surface area contributed by atoms with Crippen molar-refractivity contribution < 1.29 is 14.3 Å². The van der Waals surface area contributed by atoms with Crippen molar-refractivity contribution >= 4 is 23.1 Å². The van der Waals surface area contributed by atoms with Crippen molar-refractivity contribution in [2.75, 3.05) is 20.8 Å². The lowest BCUT2D eigenvalue weighted by Crippen LogP contribution is -2.47. The number of carbonyl (C=O) groups is 1. The van der Waals surface area contributed by atoms with E-state index in [0.717, 1.165) is 41.8 Å². The van der Waals surface area contributed by atoms with Crippen LogP contribution in [-0.2, 0) is 4.79 Å². The topological polar surface area (TPSA) is 50.8 Å². The highest BCUT2D eigenvalue weighted by Gasteiger charge is 2.36. The van der Waals surface area contributed by atoms with Crippen LogP contribution in [-0.4, -0.2) is 36.6 Å². The Bertz CT molecular complexity index is 821. The fourth-order valence-corrected chi connectivity index (χ4v) is 4.64. The van der Waals surface area contributed by atoms with Gasteiger partial charge in [-0.3, -0.25) is 4.79 Å². The molecule has 0 radical (unpaired) electrons. The number of hydrogen-bond acceptors (Lipinski definition) is 4. The number of nitrogens with one attached hydrogen (secondary N) is 1. The van der Waals surface area contributed by atoms with Gasteiger partial charge in [0.05, 0.1) is 19.8 Å². The zero-order valence-electron chi connectivity index (χ0n) is 19.2. The highest BCUT2D eigenvalue weighted by atomic mass is 32.1. The van der Waals surface area contributed by atoms with Gasteiger partial charge in [-0.25, -0.2) is 0 Å². The summed E-state index contributed by atoms with van der Waals surface area (Å²) in [5.41, 5.74) is 2.85. The Kier molecular flexibility index (Phi) is 8.76. The van der Waals surface area contributed by atoms with Crippen molar-refractivity contribution in [1.29, 1.82) is 0 Å². The van der Waals surface area contributed by atoms with Crippen molar-refractivity contribution in [1.82, 2.24) is 10.2 Å². The van der Waals surface area contributed by atoms with E-state index >= 15 is 0 Å². The Morgan fingerprint density at radius 3 is 2.58 bits per heavy atom. The molecule has 1 atom stereocenters. The van der Waals surface area contributed by atoms with Crippen LogP contribution in [0.5, 0.6) is 11.5 Å². The first-order chi connectivity index (χ1) is 15.1. The Morgan fingerprint density at radius 2 is 1.84 bits per heavy atom. The molecule has 6 heteroatoms. The number of unbranched alkanes of at least 4 members (excludes halogenated alkanes) is 6. The predicted octanol–water partition coefficient (Wildman–Crippen LogP) is 5.69. The summed E-state index contributed by atoms with van der Waals surface area (Å²) in [4.78, 5) is 14.7. The molecule has 1 heterocycles. The number of rotatable bonds is 11. The summed E-state index contributed by atoms with van der Waals surface area (Å²) in [6.07, 6.45) is 11.1. The summed E-state index contributed by atoms with van der Waals surface area (Å²) < 4.78 is 11.6. The zero-order valence-corrected chi connectivity index (χ0v) is 20.0. The molecule has 1 N–H and O–H groups in total. The van der Waals surface area contributed by atoms with E-state index < -0.39 is 0 Å². The second-order valence-corrected chi connectivity index (χ2v) is 8.85. The van der Waals surface area contributed by atoms with E-state index in [-0.39, 0.29) is 11.8 Å². The summed E-state index contributed by atoms with van der Waals surface area (Å²) in [6.45, 7) is 2.93. The molecule has 1 aliphatic carbocycles. The number of hydrogen-bond donors (Lipinski definition) is 1. The minimum Gasteiger partial charge on any atom is -0.493 e. The average Bonchev–Trinajstić information content (AvgIpc) is 2.78. The van der Waals surface area contributed by atoms with Crippen LogP contribution in [0.3, 0.4) is 0 Å². The number of benzene rings is 1. The molecule has 1 aromatic carbocycles. The van der Waals surface area contributed by atoms with Gasteiger partial charge >= 0.3 is 0 Å². The summed E-state index contributed by atoms with van der Waals surface area (Å²) in [7, 11) is 3.59. The Morgan fingerprint density at radius 1 is 1.10 bits per heavy atom. The van der Waals surface area contributed by atoms with E-state index in [1.165, 1.54) is 38.5 Å². The van der Waals surface area contributed by atoms with Crippen LogP contribution in [0, 0.1) is 0 Å². The quantitative estimate of drug-likeness (QED) is 0.349. The molecule has 0 saturated carbocycles. The second kappa shape index (κ2) is 11.5. The molecule has 0 amide bonds. The third kappa shape index (κ3) is 5.79. The normalized spacial score (nSPS) is 18.7. The largest absolute Gasteiger partial charge is 0.493 e. The van der Waals surface area contributed by atoms with Gasteiger partial charge in [0.25, 0.3) is 0 Å². The molecule has 31 heavy (non-hydrogen) atoms. The van der Waals surface area contributed by atoms with E-state index in [4.69, 9.17) is 21.7 Å². The predicted molar refractivity (Wildman–Crippen MR) is 129 cm³/mol. The van der Waals surface area contributed by atoms with Crippen molar-refractivity contribution in [2.24, 2.45) is 0 Å². The maximum atomic E-state index is 12.7. The molecular formula is C25H36N2O3S. The summed E-state index contributed by atoms with van der Waals surface area (Å²) >= 11 is 5.53. The number of carbonyl (C=O) groups excluding carboxylic acids is 1. The Balaban J connectivity index is 1.66. The van der Waals surface area contributed by atoms with Gasteiger partial charge in [-0.15, -0.1) is 0 Å². The lowest BCUT2D eigenvalue weighted by Gasteiger charge is -2.39. The molecule has 1 aromatic rings. The first-order valence-electron chi connectivity index (χ1n) is 11.7. The highest BCUT2D eigenvalue weighted by molar-refractivity contribution is 7.80. The van der Waals surface area contributed by atoms with Gasteiger partial charge in [-0.05, 0) is 49.2 Å². The molecule has 0 spiro atoms. The van der Waals surface area contributed by atoms with Gasteiger partial charge in [0.2, 0.25) is 0 Å². The van der Waals surface area contributed by atoms with Crippen molar-refractivity contribution in [2.45, 2.75) is 77.2 Å². The van der Waals surface area contributed by atoms with E-state index in [2.05, 4.69) is 12.2 Å². The number of ketones is 1. The summed E-state index contributed by atoms with van der Waals surface area (Å²) in [5, 5.41) is 4.00. The molecule has 2 aliphatic rings. The maximum absolute atomic E-state index is 12.7. The van der Waals surface area contributed by atoms with E-state index in [0.29, 0.717) is 23.9 Å². The van der Waals surface area contributed by atoms with E-state index in [9.17, 15) is 4.79 Å². The molecule has 1 aliphatic heterocycles.